The average molecular weight is 505 g/mol. The van der Waals surface area contributed by atoms with Gasteiger partial charge in [0.1, 0.15) is 0 Å². The second-order valence-corrected chi connectivity index (χ2v) is 9.58. The Kier molecular flexibility index (Phi) is 7.03. The third kappa shape index (κ3) is 5.12. The fourth-order valence-corrected chi connectivity index (χ4v) is 4.90. The van der Waals surface area contributed by atoms with Gasteiger partial charge in [-0.25, -0.2) is 4.79 Å². The van der Waals surface area contributed by atoms with Gasteiger partial charge in [-0.3, -0.25) is 9.59 Å². The molecule has 3 heterocycles. The molecule has 37 heavy (non-hydrogen) atoms. The minimum atomic E-state index is -0.233. The van der Waals surface area contributed by atoms with E-state index in [2.05, 4.69) is 22.9 Å². The number of ketones is 1. The molecule has 1 saturated heterocycles. The van der Waals surface area contributed by atoms with E-state index in [1.807, 2.05) is 23.1 Å². The number of unbranched alkanes of at least 4 members (excludes halogenated alkanes) is 1. The Morgan fingerprint density at radius 3 is 2.57 bits per heavy atom. The average Bonchev–Trinajstić information content (AvgIpc) is 3.50. The number of benzene rings is 2. The van der Waals surface area contributed by atoms with Crippen molar-refractivity contribution < 1.29 is 23.9 Å². The van der Waals surface area contributed by atoms with Gasteiger partial charge in [-0.2, -0.15) is 0 Å². The lowest BCUT2D eigenvalue weighted by Gasteiger charge is -2.34. The number of ether oxygens (including phenoxy) is 2. The Morgan fingerprint density at radius 2 is 1.81 bits per heavy atom. The van der Waals surface area contributed by atoms with E-state index < -0.39 is 0 Å². The quantitative estimate of drug-likeness (QED) is 0.299. The third-order valence-electron chi connectivity index (χ3n) is 7.02. The molecule has 0 atom stereocenters. The smallest absolute Gasteiger partial charge is 0.317 e. The minimum Gasteiger partial charge on any atom is -0.454 e. The summed E-state index contributed by atoms with van der Waals surface area (Å²) in [5, 5.41) is 9.54. The number of nitrogens with zero attached hydrogens (tertiary/aromatic N) is 1. The predicted octanol–water partition coefficient (Wildman–Crippen LogP) is 4.00. The molecular weight excluding hydrogens is 472 g/mol. The number of urea groups is 1. The fourth-order valence-electron chi connectivity index (χ4n) is 4.90. The fraction of sp³-hybridized carbons (Fsp3) is 0.393. The molecule has 2 aromatic carbocycles. The van der Waals surface area contributed by atoms with E-state index in [0.29, 0.717) is 59.2 Å². The van der Waals surface area contributed by atoms with Crippen LogP contribution >= 0.6 is 0 Å². The van der Waals surface area contributed by atoms with E-state index in [9.17, 15) is 14.4 Å². The molecule has 0 spiro atoms. The molecule has 5 rings (SSSR count). The number of nitrogens with one attached hydrogen (secondary N) is 3. The van der Waals surface area contributed by atoms with Gasteiger partial charge in [0.25, 0.3) is 5.91 Å². The van der Waals surface area contributed by atoms with E-state index in [0.717, 1.165) is 31.2 Å². The van der Waals surface area contributed by atoms with Crippen molar-refractivity contribution in [3.05, 3.63) is 53.1 Å². The summed E-state index contributed by atoms with van der Waals surface area (Å²) in [4.78, 5) is 39.7. The summed E-state index contributed by atoms with van der Waals surface area (Å²) in [6, 6.07) is 10.9. The van der Waals surface area contributed by atoms with Crippen LogP contribution < -0.4 is 25.4 Å². The molecule has 0 radical (unpaired) electrons. The predicted molar refractivity (Wildman–Crippen MR) is 140 cm³/mol. The Balaban J connectivity index is 1.45. The van der Waals surface area contributed by atoms with Crippen LogP contribution in [0.1, 0.15) is 61.0 Å². The highest BCUT2D eigenvalue weighted by Crippen LogP contribution is 2.40. The molecule has 194 valence electrons. The van der Waals surface area contributed by atoms with Crippen molar-refractivity contribution >= 4 is 34.7 Å². The second-order valence-electron chi connectivity index (χ2n) is 9.58. The van der Waals surface area contributed by atoms with Crippen molar-refractivity contribution in [2.45, 2.75) is 45.6 Å². The van der Waals surface area contributed by atoms with Gasteiger partial charge < -0.3 is 30.3 Å². The topological polar surface area (TPSA) is 109 Å². The molecule has 3 aliphatic heterocycles. The first-order valence-electron chi connectivity index (χ1n) is 12.8. The number of carbonyl (C=O) groups is 3. The molecule has 0 bridgehead atoms. The number of carbonyl (C=O) groups excluding carboxylic acids is 3. The number of likely N-dealkylation sites (tertiary alicyclic amines) is 1. The van der Waals surface area contributed by atoms with Gasteiger partial charge >= 0.3 is 6.03 Å². The summed E-state index contributed by atoms with van der Waals surface area (Å²) in [6.07, 6.45) is 3.48. The van der Waals surface area contributed by atoms with E-state index in [1.165, 1.54) is 6.92 Å². The lowest BCUT2D eigenvalue weighted by atomic mass is 9.96. The van der Waals surface area contributed by atoms with Crippen LogP contribution in [-0.2, 0) is 4.79 Å². The molecule has 0 unspecified atom stereocenters. The standard InChI is InChI=1S/C28H32N4O5/c1-3-4-11-29-28(35)32-12-9-20(10-13-32)30-26(19-6-8-23-24(15-19)37-16-36-23)25-21-14-18(17(2)33)5-7-22(21)31-27(25)34/h5-8,14-15,20,30H,3-4,9-13,16H2,1-2H3,(H,29,35)(H,31,34). The minimum absolute atomic E-state index is 0.0258. The van der Waals surface area contributed by atoms with Gasteiger partial charge in [0.05, 0.1) is 11.3 Å². The molecule has 0 aromatic heterocycles. The van der Waals surface area contributed by atoms with E-state index in [1.54, 1.807) is 18.2 Å². The first kappa shape index (κ1) is 24.7. The maximum atomic E-state index is 13.3. The van der Waals surface area contributed by atoms with E-state index >= 15 is 0 Å². The number of amides is 3. The van der Waals surface area contributed by atoms with Gasteiger partial charge in [-0.15, -0.1) is 0 Å². The molecule has 3 N–H and O–H groups in total. The maximum Gasteiger partial charge on any atom is 0.317 e. The van der Waals surface area contributed by atoms with Crippen LogP contribution in [0.4, 0.5) is 10.5 Å². The molecule has 0 saturated carbocycles. The summed E-state index contributed by atoms with van der Waals surface area (Å²) in [5.74, 6) is 0.977. The van der Waals surface area contributed by atoms with Gasteiger partial charge in [-0.05, 0) is 62.6 Å². The zero-order chi connectivity index (χ0) is 25.9. The highest BCUT2D eigenvalue weighted by atomic mass is 16.7. The van der Waals surface area contributed by atoms with E-state index in [-0.39, 0.29) is 30.6 Å². The summed E-state index contributed by atoms with van der Waals surface area (Å²) in [6.45, 7) is 5.69. The first-order valence-corrected chi connectivity index (χ1v) is 12.8. The normalized spacial score (nSPS) is 17.8. The highest BCUT2D eigenvalue weighted by Gasteiger charge is 2.32. The number of rotatable bonds is 7. The van der Waals surface area contributed by atoms with Gasteiger partial charge in [0.2, 0.25) is 6.79 Å². The summed E-state index contributed by atoms with van der Waals surface area (Å²) in [5.41, 5.74) is 3.84. The Hall–Kier alpha value is -4.01. The Bertz CT molecular complexity index is 1260. The molecule has 3 amide bonds. The zero-order valence-electron chi connectivity index (χ0n) is 21.2. The van der Waals surface area contributed by atoms with Crippen molar-refractivity contribution in [3.63, 3.8) is 0 Å². The highest BCUT2D eigenvalue weighted by molar-refractivity contribution is 6.36. The monoisotopic (exact) mass is 504 g/mol. The number of Topliss-reactive ketones (excluding diaryl/α,β-unsaturated/α-hetero) is 1. The summed E-state index contributed by atoms with van der Waals surface area (Å²) < 4.78 is 11.1. The van der Waals surface area contributed by atoms with Crippen molar-refractivity contribution in [2.75, 3.05) is 31.7 Å². The number of hydrogen-bond donors (Lipinski definition) is 3. The molecule has 9 heteroatoms. The molecule has 0 aliphatic carbocycles. The van der Waals surface area contributed by atoms with E-state index in [4.69, 9.17) is 9.47 Å². The number of piperidine rings is 1. The lowest BCUT2D eigenvalue weighted by Crippen LogP contribution is -2.48. The molecular formula is C28H32N4O5. The summed E-state index contributed by atoms with van der Waals surface area (Å²) >= 11 is 0. The molecule has 9 nitrogen and oxygen atoms in total. The van der Waals surface area contributed by atoms with Crippen LogP contribution in [-0.4, -0.2) is 55.1 Å². The molecule has 3 aliphatic rings. The summed E-state index contributed by atoms with van der Waals surface area (Å²) in [7, 11) is 0. The zero-order valence-corrected chi connectivity index (χ0v) is 21.2. The second kappa shape index (κ2) is 10.5. The van der Waals surface area contributed by atoms with Crippen LogP contribution in [0.5, 0.6) is 11.5 Å². The largest absolute Gasteiger partial charge is 0.454 e. The van der Waals surface area contributed by atoms with Gasteiger partial charge in [0, 0.05) is 48.1 Å². The SMILES string of the molecule is CCCCNC(=O)N1CCC(NC(=C2C(=O)Nc3ccc(C(C)=O)cc32)c2ccc3c(c2)OCO3)CC1. The van der Waals surface area contributed by atoms with Crippen LogP contribution in [0.3, 0.4) is 0 Å². The lowest BCUT2D eigenvalue weighted by molar-refractivity contribution is -0.110. The maximum absolute atomic E-state index is 13.3. The van der Waals surface area contributed by atoms with Crippen LogP contribution in [0.2, 0.25) is 0 Å². The first-order chi connectivity index (χ1) is 17.9. The Labute approximate surface area is 216 Å². The molecule has 2 aromatic rings. The number of fused-ring (bicyclic) bond motifs is 2. The van der Waals surface area contributed by atoms with Crippen LogP contribution in [0.25, 0.3) is 11.3 Å². The van der Waals surface area contributed by atoms with Crippen LogP contribution in [0.15, 0.2) is 36.4 Å². The molecule has 1 fully saturated rings. The van der Waals surface area contributed by atoms with Crippen molar-refractivity contribution in [2.24, 2.45) is 0 Å². The van der Waals surface area contributed by atoms with Gasteiger partial charge in [-0.1, -0.05) is 13.3 Å². The number of anilines is 1. The van der Waals surface area contributed by atoms with Gasteiger partial charge in [0.15, 0.2) is 17.3 Å². The van der Waals surface area contributed by atoms with Crippen molar-refractivity contribution in [1.82, 2.24) is 15.5 Å². The Morgan fingerprint density at radius 1 is 1.05 bits per heavy atom. The number of hydrogen-bond acceptors (Lipinski definition) is 6. The van der Waals surface area contributed by atoms with Crippen LogP contribution in [0, 0.1) is 0 Å². The van der Waals surface area contributed by atoms with Crippen molar-refractivity contribution in [3.8, 4) is 11.5 Å². The van der Waals surface area contributed by atoms with Crippen molar-refractivity contribution in [1.29, 1.82) is 0 Å². The third-order valence-corrected chi connectivity index (χ3v) is 7.02.